The topological polar surface area (TPSA) is 89.1 Å². The number of hydrogen-bond donors (Lipinski definition) is 1. The number of imidazole rings is 1. The van der Waals surface area contributed by atoms with E-state index in [4.69, 9.17) is 4.52 Å². The first kappa shape index (κ1) is 17.7. The molecule has 136 valence electrons. The fourth-order valence-electron chi connectivity index (χ4n) is 2.67. The van der Waals surface area contributed by atoms with Gasteiger partial charge in [-0.3, -0.25) is 4.57 Å². The summed E-state index contributed by atoms with van der Waals surface area (Å²) < 4.78 is 7.04. The van der Waals surface area contributed by atoms with Gasteiger partial charge in [-0.2, -0.15) is 0 Å². The van der Waals surface area contributed by atoms with Gasteiger partial charge in [-0.1, -0.05) is 5.16 Å². The van der Waals surface area contributed by atoms with E-state index in [1.165, 1.54) is 0 Å². The zero-order valence-corrected chi connectivity index (χ0v) is 15.4. The van der Waals surface area contributed by atoms with Crippen LogP contribution in [0.15, 0.2) is 35.2 Å². The van der Waals surface area contributed by atoms with Crippen molar-refractivity contribution in [2.75, 3.05) is 7.05 Å². The summed E-state index contributed by atoms with van der Waals surface area (Å²) in [5, 5.41) is 6.84. The molecule has 0 atom stereocenters. The Morgan fingerprint density at radius 1 is 1.27 bits per heavy atom. The van der Waals surface area contributed by atoms with Gasteiger partial charge in [0.1, 0.15) is 17.4 Å². The van der Waals surface area contributed by atoms with Crippen molar-refractivity contribution < 1.29 is 9.32 Å². The number of amides is 2. The second-order valence-electron chi connectivity index (χ2n) is 6.18. The molecule has 0 aliphatic heterocycles. The summed E-state index contributed by atoms with van der Waals surface area (Å²) in [5.74, 6) is 2.37. The van der Waals surface area contributed by atoms with Crippen LogP contribution in [0, 0.1) is 20.8 Å². The minimum absolute atomic E-state index is 0.165. The van der Waals surface area contributed by atoms with E-state index in [2.05, 4.69) is 20.4 Å². The lowest BCUT2D eigenvalue weighted by molar-refractivity contribution is 0.206. The van der Waals surface area contributed by atoms with Crippen molar-refractivity contribution in [3.05, 3.63) is 59.1 Å². The Kier molecular flexibility index (Phi) is 5.01. The monoisotopic (exact) mass is 354 g/mol. The smallest absolute Gasteiger partial charge is 0.317 e. The molecule has 8 heteroatoms. The Labute approximate surface area is 151 Å². The molecular formula is C18H22N6O2. The van der Waals surface area contributed by atoms with Gasteiger partial charge in [0.05, 0.1) is 12.2 Å². The highest BCUT2D eigenvalue weighted by molar-refractivity contribution is 5.73. The van der Waals surface area contributed by atoms with E-state index in [0.29, 0.717) is 13.1 Å². The molecule has 3 rings (SSSR count). The summed E-state index contributed by atoms with van der Waals surface area (Å²) in [6.45, 7) is 6.49. The van der Waals surface area contributed by atoms with Gasteiger partial charge in [0.2, 0.25) is 0 Å². The Hall–Kier alpha value is -3.16. The van der Waals surface area contributed by atoms with E-state index in [0.717, 1.165) is 34.2 Å². The number of carbonyl (C=O) groups excluding carboxylic acids is 1. The molecule has 8 nitrogen and oxygen atoms in total. The van der Waals surface area contributed by atoms with E-state index in [9.17, 15) is 4.79 Å². The highest BCUT2D eigenvalue weighted by Crippen LogP contribution is 2.14. The first-order valence-corrected chi connectivity index (χ1v) is 8.31. The molecule has 0 saturated heterocycles. The van der Waals surface area contributed by atoms with Crippen molar-refractivity contribution in [3.8, 4) is 5.82 Å². The van der Waals surface area contributed by atoms with E-state index in [1.807, 2.05) is 43.7 Å². The minimum atomic E-state index is -0.165. The van der Waals surface area contributed by atoms with Crippen LogP contribution in [0.1, 0.15) is 28.4 Å². The van der Waals surface area contributed by atoms with Crippen LogP contribution in [0.4, 0.5) is 4.79 Å². The molecule has 0 fully saturated rings. The van der Waals surface area contributed by atoms with Crippen LogP contribution in [0.3, 0.4) is 0 Å². The fourth-order valence-corrected chi connectivity index (χ4v) is 2.67. The minimum Gasteiger partial charge on any atom is -0.361 e. The average molecular weight is 354 g/mol. The summed E-state index contributed by atoms with van der Waals surface area (Å²) in [5.41, 5.74) is 2.70. The quantitative estimate of drug-likeness (QED) is 0.760. The lowest BCUT2D eigenvalue weighted by atomic mass is 10.2. The van der Waals surface area contributed by atoms with Gasteiger partial charge in [0.25, 0.3) is 0 Å². The number of nitrogens with zero attached hydrogens (tertiary/aromatic N) is 5. The maximum absolute atomic E-state index is 12.4. The number of pyridine rings is 1. The second kappa shape index (κ2) is 7.38. The third-order valence-electron chi connectivity index (χ3n) is 4.25. The molecule has 0 aromatic carbocycles. The van der Waals surface area contributed by atoms with Crippen molar-refractivity contribution in [1.29, 1.82) is 0 Å². The van der Waals surface area contributed by atoms with Crippen LogP contribution in [0.2, 0.25) is 0 Å². The third-order valence-corrected chi connectivity index (χ3v) is 4.25. The van der Waals surface area contributed by atoms with Crippen molar-refractivity contribution in [3.63, 3.8) is 0 Å². The van der Waals surface area contributed by atoms with Gasteiger partial charge < -0.3 is 14.7 Å². The Morgan fingerprint density at radius 3 is 2.73 bits per heavy atom. The molecule has 2 amide bonds. The maximum Gasteiger partial charge on any atom is 0.317 e. The molecule has 1 N–H and O–H groups in total. The summed E-state index contributed by atoms with van der Waals surface area (Å²) >= 11 is 0. The lowest BCUT2D eigenvalue weighted by Crippen LogP contribution is -2.36. The van der Waals surface area contributed by atoms with Gasteiger partial charge in [-0.05, 0) is 38.5 Å². The highest BCUT2D eigenvalue weighted by Gasteiger charge is 2.15. The van der Waals surface area contributed by atoms with E-state index >= 15 is 0 Å². The molecular weight excluding hydrogens is 332 g/mol. The Bertz CT molecular complexity index is 895. The van der Waals surface area contributed by atoms with Crippen LogP contribution < -0.4 is 5.32 Å². The van der Waals surface area contributed by atoms with Crippen LogP contribution >= 0.6 is 0 Å². The predicted molar refractivity (Wildman–Crippen MR) is 95.8 cm³/mol. The zero-order valence-electron chi connectivity index (χ0n) is 15.4. The summed E-state index contributed by atoms with van der Waals surface area (Å²) in [6, 6.07) is 3.65. The summed E-state index contributed by atoms with van der Waals surface area (Å²) in [6.07, 6.45) is 5.32. The molecule has 0 aliphatic rings. The maximum atomic E-state index is 12.4. The van der Waals surface area contributed by atoms with Crippen molar-refractivity contribution >= 4 is 6.03 Å². The molecule has 0 saturated carbocycles. The van der Waals surface area contributed by atoms with Gasteiger partial charge in [-0.25, -0.2) is 14.8 Å². The van der Waals surface area contributed by atoms with Gasteiger partial charge >= 0.3 is 6.03 Å². The number of hydrogen-bond acceptors (Lipinski definition) is 5. The van der Waals surface area contributed by atoms with Crippen LogP contribution in [0.25, 0.3) is 5.82 Å². The Morgan fingerprint density at radius 2 is 2.08 bits per heavy atom. The van der Waals surface area contributed by atoms with Crippen LogP contribution in [-0.4, -0.2) is 37.7 Å². The van der Waals surface area contributed by atoms with E-state index in [1.54, 1.807) is 24.3 Å². The van der Waals surface area contributed by atoms with Gasteiger partial charge in [-0.15, -0.1) is 0 Å². The van der Waals surface area contributed by atoms with Crippen LogP contribution in [0.5, 0.6) is 0 Å². The van der Waals surface area contributed by atoms with Crippen molar-refractivity contribution in [2.24, 2.45) is 0 Å². The van der Waals surface area contributed by atoms with Crippen LogP contribution in [-0.2, 0) is 13.1 Å². The number of aromatic nitrogens is 4. The Balaban J connectivity index is 1.62. The number of rotatable bonds is 5. The lowest BCUT2D eigenvalue weighted by Gasteiger charge is -2.18. The van der Waals surface area contributed by atoms with E-state index < -0.39 is 0 Å². The summed E-state index contributed by atoms with van der Waals surface area (Å²) in [7, 11) is 1.74. The van der Waals surface area contributed by atoms with Gasteiger partial charge in [0, 0.05) is 37.7 Å². The molecule has 0 bridgehead atoms. The number of carbonyl (C=O) groups is 1. The standard InChI is InChI=1S/C18H22N6O2/c1-12-16(13(2)26-22-12)11-23(4)18(25)21-10-15-5-6-20-17(9-15)24-8-7-19-14(24)3/h5-9H,10-11H2,1-4H3,(H,21,25). The first-order chi connectivity index (χ1) is 12.5. The van der Waals surface area contributed by atoms with E-state index in [-0.39, 0.29) is 6.03 Å². The normalized spacial score (nSPS) is 10.8. The van der Waals surface area contributed by atoms with Crippen molar-refractivity contribution in [2.45, 2.75) is 33.9 Å². The predicted octanol–water partition coefficient (Wildman–Crippen LogP) is 2.52. The number of aryl methyl sites for hydroxylation is 3. The SMILES string of the molecule is Cc1noc(C)c1CN(C)C(=O)NCc1ccnc(-n2ccnc2C)c1. The van der Waals surface area contributed by atoms with Gasteiger partial charge in [0.15, 0.2) is 0 Å². The molecule has 3 aromatic heterocycles. The molecule has 0 aliphatic carbocycles. The average Bonchev–Trinajstić information content (AvgIpc) is 3.20. The zero-order chi connectivity index (χ0) is 18.7. The first-order valence-electron chi connectivity index (χ1n) is 8.31. The molecule has 0 radical (unpaired) electrons. The fraction of sp³-hybridized carbons (Fsp3) is 0.333. The number of nitrogens with one attached hydrogen (secondary N) is 1. The number of urea groups is 1. The highest BCUT2D eigenvalue weighted by atomic mass is 16.5. The third kappa shape index (κ3) is 3.74. The molecule has 0 unspecified atom stereocenters. The molecule has 3 heterocycles. The molecule has 3 aromatic rings. The molecule has 0 spiro atoms. The molecule has 26 heavy (non-hydrogen) atoms. The summed E-state index contributed by atoms with van der Waals surface area (Å²) in [4.78, 5) is 22.5. The second-order valence-corrected chi connectivity index (χ2v) is 6.18. The van der Waals surface area contributed by atoms with Crippen molar-refractivity contribution in [1.82, 2.24) is 29.9 Å². The largest absolute Gasteiger partial charge is 0.361 e.